The second-order valence-corrected chi connectivity index (χ2v) is 8.99. The van der Waals surface area contributed by atoms with Crippen LogP contribution < -0.4 is 9.86 Å². The molecule has 1 atom stereocenters. The standard InChI is InChI=1S/C10H18N2O4S3/c1-3-4-7-18(13,14)12-8(2)9-5-6-10(17-9)19(11,15)16/h5-6,8,12H,3-4,7H2,1-2H3,(H2,11,15,16). The van der Waals surface area contributed by atoms with Gasteiger partial charge in [0.15, 0.2) is 0 Å². The van der Waals surface area contributed by atoms with E-state index in [-0.39, 0.29) is 9.96 Å². The minimum Gasteiger partial charge on any atom is -0.224 e. The summed E-state index contributed by atoms with van der Waals surface area (Å²) in [5, 5.41) is 5.01. The summed E-state index contributed by atoms with van der Waals surface area (Å²) in [6, 6.07) is 2.48. The molecule has 0 bridgehead atoms. The van der Waals surface area contributed by atoms with Crippen LogP contribution in [0.3, 0.4) is 0 Å². The van der Waals surface area contributed by atoms with Gasteiger partial charge in [-0.25, -0.2) is 26.7 Å². The summed E-state index contributed by atoms with van der Waals surface area (Å²) in [5.41, 5.74) is 0. The Bertz CT molecular complexity index is 619. The molecule has 110 valence electrons. The van der Waals surface area contributed by atoms with E-state index in [9.17, 15) is 16.8 Å². The Morgan fingerprint density at radius 2 is 1.95 bits per heavy atom. The van der Waals surface area contributed by atoms with Crippen LogP contribution >= 0.6 is 11.3 Å². The normalized spacial score (nSPS) is 14.5. The average Bonchev–Trinajstić information content (AvgIpc) is 2.74. The van der Waals surface area contributed by atoms with Crippen molar-refractivity contribution in [2.24, 2.45) is 5.14 Å². The fourth-order valence-electron chi connectivity index (χ4n) is 1.44. The maximum atomic E-state index is 11.7. The van der Waals surface area contributed by atoms with Crippen LogP contribution in [0.4, 0.5) is 0 Å². The highest BCUT2D eigenvalue weighted by molar-refractivity contribution is 7.91. The van der Waals surface area contributed by atoms with E-state index < -0.39 is 26.1 Å². The van der Waals surface area contributed by atoms with Gasteiger partial charge >= 0.3 is 0 Å². The molecule has 1 rings (SSSR count). The van der Waals surface area contributed by atoms with Crippen molar-refractivity contribution >= 4 is 31.4 Å². The van der Waals surface area contributed by atoms with Crippen molar-refractivity contribution < 1.29 is 16.8 Å². The summed E-state index contributed by atoms with van der Waals surface area (Å²) in [6.45, 7) is 3.58. The van der Waals surface area contributed by atoms with Gasteiger partial charge in [-0.15, -0.1) is 11.3 Å². The number of nitrogens with one attached hydrogen (secondary N) is 1. The molecule has 0 aliphatic rings. The van der Waals surface area contributed by atoms with Gasteiger partial charge in [0.1, 0.15) is 4.21 Å². The molecule has 0 saturated carbocycles. The van der Waals surface area contributed by atoms with Gasteiger partial charge in [0.05, 0.1) is 11.8 Å². The van der Waals surface area contributed by atoms with Crippen LogP contribution in [0, 0.1) is 0 Å². The Labute approximate surface area is 118 Å². The van der Waals surface area contributed by atoms with Gasteiger partial charge in [-0.2, -0.15) is 0 Å². The highest BCUT2D eigenvalue weighted by Gasteiger charge is 2.19. The summed E-state index contributed by atoms with van der Waals surface area (Å²) < 4.78 is 48.3. The van der Waals surface area contributed by atoms with E-state index in [0.717, 1.165) is 17.8 Å². The third-order valence-corrected chi connectivity index (χ3v) is 6.68. The van der Waals surface area contributed by atoms with Gasteiger partial charge < -0.3 is 0 Å². The number of hydrogen-bond acceptors (Lipinski definition) is 5. The molecule has 0 aromatic carbocycles. The molecule has 0 amide bonds. The second-order valence-electron chi connectivity index (χ2n) is 4.21. The molecule has 1 aromatic rings. The quantitative estimate of drug-likeness (QED) is 0.784. The number of thiophene rings is 1. The Morgan fingerprint density at radius 3 is 2.42 bits per heavy atom. The SMILES string of the molecule is CCCCS(=O)(=O)NC(C)c1ccc(S(N)(=O)=O)s1. The third kappa shape index (κ3) is 5.19. The minimum absolute atomic E-state index is 0.0297. The Kier molecular flexibility index (Phi) is 5.51. The zero-order valence-corrected chi connectivity index (χ0v) is 13.2. The van der Waals surface area contributed by atoms with Crippen LogP contribution in [0.2, 0.25) is 0 Å². The predicted octanol–water partition coefficient (Wildman–Crippen LogP) is 1.18. The van der Waals surface area contributed by atoms with Crippen LogP contribution in [0.25, 0.3) is 0 Å². The van der Waals surface area contributed by atoms with E-state index in [1.807, 2.05) is 6.92 Å². The third-order valence-electron chi connectivity index (χ3n) is 2.43. The number of nitrogens with two attached hydrogens (primary N) is 1. The van der Waals surface area contributed by atoms with E-state index in [1.54, 1.807) is 13.0 Å². The highest BCUT2D eigenvalue weighted by Crippen LogP contribution is 2.26. The summed E-state index contributed by atoms with van der Waals surface area (Å²) in [5.74, 6) is 0.0707. The summed E-state index contributed by atoms with van der Waals surface area (Å²) in [4.78, 5) is 0.615. The van der Waals surface area contributed by atoms with Gasteiger partial charge in [-0.1, -0.05) is 13.3 Å². The number of primary sulfonamides is 1. The lowest BCUT2D eigenvalue weighted by Gasteiger charge is -2.12. The van der Waals surface area contributed by atoms with Gasteiger partial charge in [-0.05, 0) is 25.5 Å². The Morgan fingerprint density at radius 1 is 1.32 bits per heavy atom. The molecule has 0 fully saturated rings. The number of unbranched alkanes of at least 4 members (excludes halogenated alkanes) is 1. The molecule has 3 N–H and O–H groups in total. The number of hydrogen-bond donors (Lipinski definition) is 2. The molecular weight excluding hydrogens is 308 g/mol. The van der Waals surface area contributed by atoms with E-state index in [0.29, 0.717) is 11.3 Å². The predicted molar refractivity (Wildman–Crippen MR) is 75.9 cm³/mol. The molecule has 1 unspecified atom stereocenters. The van der Waals surface area contributed by atoms with Crippen LogP contribution in [-0.4, -0.2) is 22.6 Å². The van der Waals surface area contributed by atoms with Gasteiger partial charge in [0.2, 0.25) is 20.0 Å². The lowest BCUT2D eigenvalue weighted by Crippen LogP contribution is -2.28. The summed E-state index contributed by atoms with van der Waals surface area (Å²) >= 11 is 0.973. The van der Waals surface area contributed by atoms with Crippen molar-refractivity contribution in [2.75, 3.05) is 5.75 Å². The van der Waals surface area contributed by atoms with E-state index >= 15 is 0 Å². The molecule has 0 aliphatic carbocycles. The smallest absolute Gasteiger partial charge is 0.224 e. The number of sulfonamides is 2. The first-order chi connectivity index (χ1) is 8.65. The fraction of sp³-hybridized carbons (Fsp3) is 0.600. The van der Waals surface area contributed by atoms with Crippen LogP contribution in [-0.2, 0) is 20.0 Å². The molecule has 1 heterocycles. The molecule has 0 saturated heterocycles. The van der Waals surface area contributed by atoms with E-state index in [2.05, 4.69) is 4.72 Å². The zero-order valence-electron chi connectivity index (χ0n) is 10.8. The first-order valence-corrected chi connectivity index (χ1v) is 9.80. The highest BCUT2D eigenvalue weighted by atomic mass is 32.2. The van der Waals surface area contributed by atoms with Gasteiger partial charge in [0, 0.05) is 4.88 Å². The van der Waals surface area contributed by atoms with E-state index in [4.69, 9.17) is 5.14 Å². The molecule has 0 spiro atoms. The van der Waals surface area contributed by atoms with Crippen molar-refractivity contribution in [1.82, 2.24) is 4.72 Å². The minimum atomic E-state index is -3.73. The first-order valence-electron chi connectivity index (χ1n) is 5.78. The van der Waals surface area contributed by atoms with Crippen molar-refractivity contribution in [1.29, 1.82) is 0 Å². The molecule has 1 aromatic heterocycles. The topological polar surface area (TPSA) is 106 Å². The zero-order chi connectivity index (χ0) is 14.7. The second kappa shape index (κ2) is 6.31. The molecule has 19 heavy (non-hydrogen) atoms. The van der Waals surface area contributed by atoms with Crippen molar-refractivity contribution in [3.63, 3.8) is 0 Å². The lowest BCUT2D eigenvalue weighted by atomic mass is 10.3. The van der Waals surface area contributed by atoms with Crippen LogP contribution in [0.5, 0.6) is 0 Å². The monoisotopic (exact) mass is 326 g/mol. The van der Waals surface area contributed by atoms with Crippen molar-refractivity contribution in [3.05, 3.63) is 17.0 Å². The van der Waals surface area contributed by atoms with Gasteiger partial charge in [-0.3, -0.25) is 0 Å². The van der Waals surface area contributed by atoms with Crippen molar-refractivity contribution in [3.8, 4) is 0 Å². The fourth-order valence-corrected chi connectivity index (χ4v) is 4.72. The molecule has 6 nitrogen and oxygen atoms in total. The lowest BCUT2D eigenvalue weighted by molar-refractivity contribution is 0.565. The van der Waals surface area contributed by atoms with Crippen molar-refractivity contribution in [2.45, 2.75) is 36.9 Å². The van der Waals surface area contributed by atoms with Crippen LogP contribution in [0.1, 0.15) is 37.6 Å². The average molecular weight is 326 g/mol. The van der Waals surface area contributed by atoms with Crippen LogP contribution in [0.15, 0.2) is 16.3 Å². The number of rotatable bonds is 7. The molecule has 0 radical (unpaired) electrons. The van der Waals surface area contributed by atoms with E-state index in [1.165, 1.54) is 6.07 Å². The molecule has 9 heteroatoms. The first kappa shape index (κ1) is 16.6. The molecular formula is C10H18N2O4S3. The summed E-state index contributed by atoms with van der Waals surface area (Å²) in [7, 11) is -7.07. The molecule has 0 aliphatic heterocycles. The summed E-state index contributed by atoms with van der Waals surface area (Å²) in [6.07, 6.45) is 1.39. The Hall–Kier alpha value is -0.480. The maximum Gasteiger partial charge on any atom is 0.247 e. The Balaban J connectivity index is 2.79. The largest absolute Gasteiger partial charge is 0.247 e. The van der Waals surface area contributed by atoms with Gasteiger partial charge in [0.25, 0.3) is 0 Å². The maximum absolute atomic E-state index is 11.7.